The molecule has 1 heterocycles. The maximum atomic E-state index is 12.9. The maximum Gasteiger partial charge on any atom is 0.225 e. The van der Waals surface area contributed by atoms with Crippen molar-refractivity contribution in [2.75, 3.05) is 13.1 Å². The SMILES string of the molecule is O=C(C1CC1)N1CCC[C@@H](CCc2ccc(F)cc2)C1. The molecule has 108 valence electrons. The number of halogens is 1. The molecule has 1 aromatic carbocycles. The first kappa shape index (κ1) is 13.6. The maximum absolute atomic E-state index is 12.9. The number of hydrogen-bond donors (Lipinski definition) is 0. The van der Waals surface area contributed by atoms with Gasteiger partial charge in [0.2, 0.25) is 5.91 Å². The first-order valence-electron chi connectivity index (χ1n) is 7.75. The Labute approximate surface area is 120 Å². The summed E-state index contributed by atoms with van der Waals surface area (Å²) in [5.41, 5.74) is 1.19. The largest absolute Gasteiger partial charge is 0.342 e. The fourth-order valence-corrected chi connectivity index (χ4v) is 3.11. The van der Waals surface area contributed by atoms with Crippen molar-refractivity contribution in [3.63, 3.8) is 0 Å². The Hall–Kier alpha value is -1.38. The Kier molecular flexibility index (Phi) is 4.04. The van der Waals surface area contributed by atoms with Gasteiger partial charge in [-0.25, -0.2) is 4.39 Å². The minimum atomic E-state index is -0.173. The lowest BCUT2D eigenvalue weighted by molar-refractivity contribution is -0.134. The van der Waals surface area contributed by atoms with Crippen molar-refractivity contribution in [3.05, 3.63) is 35.6 Å². The normalized spacial score (nSPS) is 22.9. The van der Waals surface area contributed by atoms with Crippen LogP contribution in [0, 0.1) is 17.7 Å². The number of nitrogens with zero attached hydrogens (tertiary/aromatic N) is 1. The van der Waals surface area contributed by atoms with Crippen molar-refractivity contribution in [1.82, 2.24) is 4.90 Å². The summed E-state index contributed by atoms with van der Waals surface area (Å²) in [5.74, 6) is 1.16. The Bertz CT molecular complexity index is 466. The highest BCUT2D eigenvalue weighted by atomic mass is 19.1. The predicted molar refractivity (Wildman–Crippen MR) is 76.7 cm³/mol. The molecule has 1 atom stereocenters. The van der Waals surface area contributed by atoms with Crippen LogP contribution in [0.3, 0.4) is 0 Å². The molecule has 0 bridgehead atoms. The summed E-state index contributed by atoms with van der Waals surface area (Å²) in [6.45, 7) is 1.87. The molecule has 1 saturated carbocycles. The second-order valence-electron chi connectivity index (χ2n) is 6.23. The number of likely N-dealkylation sites (tertiary alicyclic amines) is 1. The number of carbonyl (C=O) groups is 1. The second-order valence-corrected chi connectivity index (χ2v) is 6.23. The standard InChI is InChI=1S/C17H22FNO/c18-16-9-5-13(6-10-16)3-4-14-2-1-11-19(12-14)17(20)15-7-8-15/h5-6,9-10,14-15H,1-4,7-8,11-12H2/t14-/m0/s1. The predicted octanol–water partition coefficient (Wildman–Crippen LogP) is 3.41. The highest BCUT2D eigenvalue weighted by Crippen LogP contribution is 2.33. The van der Waals surface area contributed by atoms with Gasteiger partial charge in [-0.1, -0.05) is 12.1 Å². The van der Waals surface area contributed by atoms with E-state index in [0.29, 0.717) is 17.7 Å². The summed E-state index contributed by atoms with van der Waals surface area (Å²) in [6.07, 6.45) is 6.61. The fourth-order valence-electron chi connectivity index (χ4n) is 3.11. The van der Waals surface area contributed by atoms with Gasteiger partial charge in [0.25, 0.3) is 0 Å². The number of rotatable bonds is 4. The molecule has 1 aliphatic carbocycles. The van der Waals surface area contributed by atoms with Gasteiger partial charge >= 0.3 is 0 Å². The van der Waals surface area contributed by atoms with Crippen LogP contribution in [0.4, 0.5) is 4.39 Å². The summed E-state index contributed by atoms with van der Waals surface area (Å²) < 4.78 is 12.9. The minimum Gasteiger partial charge on any atom is -0.342 e. The van der Waals surface area contributed by atoms with E-state index in [0.717, 1.165) is 45.2 Å². The molecular formula is C17H22FNO. The van der Waals surface area contributed by atoms with Gasteiger partial charge < -0.3 is 4.90 Å². The van der Waals surface area contributed by atoms with E-state index >= 15 is 0 Å². The summed E-state index contributed by atoms with van der Waals surface area (Å²) in [4.78, 5) is 14.2. The van der Waals surface area contributed by atoms with Gasteiger partial charge in [-0.05, 0) is 62.1 Å². The van der Waals surface area contributed by atoms with Crippen molar-refractivity contribution in [2.24, 2.45) is 11.8 Å². The lowest BCUT2D eigenvalue weighted by Crippen LogP contribution is -2.40. The third-order valence-corrected chi connectivity index (χ3v) is 4.51. The number of hydrogen-bond acceptors (Lipinski definition) is 1. The third-order valence-electron chi connectivity index (χ3n) is 4.51. The van der Waals surface area contributed by atoms with Gasteiger partial charge in [0.15, 0.2) is 0 Å². The summed E-state index contributed by atoms with van der Waals surface area (Å²) >= 11 is 0. The zero-order valence-corrected chi connectivity index (χ0v) is 11.9. The van der Waals surface area contributed by atoms with Crippen molar-refractivity contribution in [2.45, 2.75) is 38.5 Å². The quantitative estimate of drug-likeness (QED) is 0.824. The molecule has 0 spiro atoms. The topological polar surface area (TPSA) is 20.3 Å². The van der Waals surface area contributed by atoms with Gasteiger partial charge in [-0.2, -0.15) is 0 Å². The van der Waals surface area contributed by atoms with E-state index in [-0.39, 0.29) is 5.82 Å². The molecule has 0 unspecified atom stereocenters. The van der Waals surface area contributed by atoms with Crippen LogP contribution < -0.4 is 0 Å². The fraction of sp³-hybridized carbons (Fsp3) is 0.588. The monoisotopic (exact) mass is 275 g/mol. The number of benzene rings is 1. The summed E-state index contributed by atoms with van der Waals surface area (Å²) in [5, 5.41) is 0. The highest BCUT2D eigenvalue weighted by Gasteiger charge is 2.35. The number of carbonyl (C=O) groups excluding carboxylic acids is 1. The lowest BCUT2D eigenvalue weighted by Gasteiger charge is -2.33. The zero-order valence-electron chi connectivity index (χ0n) is 11.9. The molecule has 2 fully saturated rings. The molecule has 0 N–H and O–H groups in total. The smallest absolute Gasteiger partial charge is 0.225 e. The van der Waals surface area contributed by atoms with Crippen LogP contribution in [0.15, 0.2) is 24.3 Å². The van der Waals surface area contributed by atoms with E-state index in [4.69, 9.17) is 0 Å². The number of aryl methyl sites for hydroxylation is 1. The van der Waals surface area contributed by atoms with E-state index in [1.807, 2.05) is 12.1 Å². The molecule has 3 rings (SSSR count). The van der Waals surface area contributed by atoms with Crippen LogP contribution in [0.25, 0.3) is 0 Å². The number of piperidine rings is 1. The average Bonchev–Trinajstić information content (AvgIpc) is 3.31. The number of amides is 1. The van der Waals surface area contributed by atoms with Crippen molar-refractivity contribution < 1.29 is 9.18 Å². The molecule has 0 aromatic heterocycles. The molecule has 0 radical (unpaired) electrons. The van der Waals surface area contributed by atoms with E-state index in [9.17, 15) is 9.18 Å². The average molecular weight is 275 g/mol. The van der Waals surface area contributed by atoms with E-state index in [2.05, 4.69) is 4.90 Å². The zero-order chi connectivity index (χ0) is 13.9. The Balaban J connectivity index is 1.49. The van der Waals surface area contributed by atoms with Crippen LogP contribution >= 0.6 is 0 Å². The first-order valence-corrected chi connectivity index (χ1v) is 7.75. The molecular weight excluding hydrogens is 253 g/mol. The van der Waals surface area contributed by atoms with Crippen molar-refractivity contribution in [1.29, 1.82) is 0 Å². The van der Waals surface area contributed by atoms with Crippen LogP contribution in [0.5, 0.6) is 0 Å². The third kappa shape index (κ3) is 3.38. The van der Waals surface area contributed by atoms with E-state index < -0.39 is 0 Å². The molecule has 20 heavy (non-hydrogen) atoms. The first-order chi connectivity index (χ1) is 9.72. The summed E-state index contributed by atoms with van der Waals surface area (Å²) in [6, 6.07) is 6.79. The molecule has 2 aliphatic rings. The van der Waals surface area contributed by atoms with Crippen LogP contribution in [-0.4, -0.2) is 23.9 Å². The van der Waals surface area contributed by atoms with E-state index in [1.54, 1.807) is 0 Å². The minimum absolute atomic E-state index is 0.173. The van der Waals surface area contributed by atoms with Crippen molar-refractivity contribution >= 4 is 5.91 Å². The highest BCUT2D eigenvalue weighted by molar-refractivity contribution is 5.81. The van der Waals surface area contributed by atoms with Gasteiger partial charge in [0, 0.05) is 19.0 Å². The molecule has 1 aliphatic heterocycles. The van der Waals surface area contributed by atoms with Gasteiger partial charge in [0.05, 0.1) is 0 Å². The molecule has 2 nitrogen and oxygen atoms in total. The Morgan fingerprint density at radius 1 is 1.20 bits per heavy atom. The summed E-state index contributed by atoms with van der Waals surface area (Å²) in [7, 11) is 0. The van der Waals surface area contributed by atoms with Crippen LogP contribution in [0.2, 0.25) is 0 Å². The van der Waals surface area contributed by atoms with E-state index in [1.165, 1.54) is 24.1 Å². The Morgan fingerprint density at radius 2 is 1.95 bits per heavy atom. The van der Waals surface area contributed by atoms with Crippen LogP contribution in [-0.2, 0) is 11.2 Å². The Morgan fingerprint density at radius 3 is 2.65 bits per heavy atom. The second kappa shape index (κ2) is 5.94. The molecule has 3 heteroatoms. The molecule has 1 saturated heterocycles. The lowest BCUT2D eigenvalue weighted by atomic mass is 9.91. The van der Waals surface area contributed by atoms with Crippen LogP contribution in [0.1, 0.15) is 37.7 Å². The van der Waals surface area contributed by atoms with Gasteiger partial charge in [-0.3, -0.25) is 4.79 Å². The molecule has 1 amide bonds. The molecule has 1 aromatic rings. The van der Waals surface area contributed by atoms with Gasteiger partial charge in [-0.15, -0.1) is 0 Å². The van der Waals surface area contributed by atoms with Crippen molar-refractivity contribution in [3.8, 4) is 0 Å². The van der Waals surface area contributed by atoms with Gasteiger partial charge in [0.1, 0.15) is 5.82 Å².